The number of ether oxygens (including phenoxy) is 2. The molecular weight excluding hydrogens is 343 g/mol. The Hall–Kier alpha value is -2.92. The predicted molar refractivity (Wildman–Crippen MR) is 103 cm³/mol. The summed E-state index contributed by atoms with van der Waals surface area (Å²) in [7, 11) is 1.46. The quantitative estimate of drug-likeness (QED) is 0.630. The first kappa shape index (κ1) is 18.9. The topological polar surface area (TPSA) is 43.4 Å². The van der Waals surface area contributed by atoms with Crippen molar-refractivity contribution in [3.8, 4) is 11.5 Å². The maximum Gasteiger partial charge on any atom is 0.165 e. The molecule has 0 aliphatic heterocycles. The molecule has 1 N–H and O–H groups in total. The average molecular weight is 366 g/mol. The standard InChI is InChI=1S/C22H23FN2O2/c1-16(18-9-10-22(26-2)21(23)13-18)25-14-17-6-5-8-20(12-17)27-15-19-7-3-4-11-24-19/h3-13,16,25H,14-15H2,1-2H3/t16-/m0/s1. The minimum absolute atomic E-state index is 0.00324. The first-order valence-corrected chi connectivity index (χ1v) is 8.84. The Morgan fingerprint density at radius 1 is 1.07 bits per heavy atom. The fraction of sp³-hybridized carbons (Fsp3) is 0.227. The summed E-state index contributed by atoms with van der Waals surface area (Å²) in [5, 5.41) is 3.41. The molecule has 3 rings (SSSR count). The first-order chi connectivity index (χ1) is 13.2. The second-order valence-electron chi connectivity index (χ2n) is 6.25. The molecule has 0 bridgehead atoms. The van der Waals surface area contributed by atoms with Crippen molar-refractivity contribution in [2.24, 2.45) is 0 Å². The van der Waals surface area contributed by atoms with Crippen LogP contribution >= 0.6 is 0 Å². The summed E-state index contributed by atoms with van der Waals surface area (Å²) in [6, 6.07) is 18.7. The molecule has 0 saturated carbocycles. The van der Waals surface area contributed by atoms with Crippen molar-refractivity contribution in [3.05, 3.63) is 89.5 Å². The number of halogens is 1. The molecule has 0 aliphatic carbocycles. The van der Waals surface area contributed by atoms with E-state index in [2.05, 4.69) is 10.3 Å². The Morgan fingerprint density at radius 2 is 1.96 bits per heavy atom. The largest absolute Gasteiger partial charge is 0.494 e. The van der Waals surface area contributed by atoms with Crippen LogP contribution in [0.15, 0.2) is 66.9 Å². The van der Waals surface area contributed by atoms with Crippen LogP contribution in [0, 0.1) is 5.82 Å². The summed E-state index contributed by atoms with van der Waals surface area (Å²) in [4.78, 5) is 4.25. The molecule has 0 saturated heterocycles. The van der Waals surface area contributed by atoms with Gasteiger partial charge in [-0.25, -0.2) is 4.39 Å². The van der Waals surface area contributed by atoms with Crippen molar-refractivity contribution in [2.75, 3.05) is 7.11 Å². The van der Waals surface area contributed by atoms with Crippen LogP contribution in [-0.4, -0.2) is 12.1 Å². The van der Waals surface area contributed by atoms with Crippen LogP contribution in [0.25, 0.3) is 0 Å². The van der Waals surface area contributed by atoms with Crippen LogP contribution in [0.5, 0.6) is 11.5 Å². The summed E-state index contributed by atoms with van der Waals surface area (Å²) in [5.41, 5.74) is 2.85. The molecular formula is C22H23FN2O2. The number of hydrogen-bond acceptors (Lipinski definition) is 4. The number of methoxy groups -OCH3 is 1. The van der Waals surface area contributed by atoms with E-state index in [-0.39, 0.29) is 17.6 Å². The van der Waals surface area contributed by atoms with Gasteiger partial charge >= 0.3 is 0 Å². The zero-order valence-electron chi connectivity index (χ0n) is 15.5. The van der Waals surface area contributed by atoms with Crippen LogP contribution in [-0.2, 0) is 13.2 Å². The van der Waals surface area contributed by atoms with Gasteiger partial charge in [0.25, 0.3) is 0 Å². The maximum absolute atomic E-state index is 13.9. The molecule has 140 valence electrons. The third-order valence-electron chi connectivity index (χ3n) is 4.30. The summed E-state index contributed by atoms with van der Waals surface area (Å²) >= 11 is 0. The van der Waals surface area contributed by atoms with Gasteiger partial charge in [-0.3, -0.25) is 4.98 Å². The van der Waals surface area contributed by atoms with Gasteiger partial charge in [-0.05, 0) is 54.4 Å². The van der Waals surface area contributed by atoms with Gasteiger partial charge in [-0.2, -0.15) is 0 Å². The number of nitrogens with zero attached hydrogens (tertiary/aromatic N) is 1. The highest BCUT2D eigenvalue weighted by Gasteiger charge is 2.09. The number of hydrogen-bond donors (Lipinski definition) is 1. The molecule has 0 spiro atoms. The second kappa shape index (κ2) is 9.14. The number of benzene rings is 2. The number of aromatic nitrogens is 1. The molecule has 5 heteroatoms. The zero-order chi connectivity index (χ0) is 19.1. The Labute approximate surface area is 159 Å². The van der Waals surface area contributed by atoms with Crippen LogP contribution in [0.3, 0.4) is 0 Å². The molecule has 1 atom stereocenters. The lowest BCUT2D eigenvalue weighted by molar-refractivity contribution is 0.301. The van der Waals surface area contributed by atoms with E-state index >= 15 is 0 Å². The molecule has 0 radical (unpaired) electrons. The Balaban J connectivity index is 1.57. The minimum Gasteiger partial charge on any atom is -0.494 e. The van der Waals surface area contributed by atoms with Crippen molar-refractivity contribution in [1.29, 1.82) is 0 Å². The number of nitrogens with one attached hydrogen (secondary N) is 1. The van der Waals surface area contributed by atoms with E-state index in [9.17, 15) is 4.39 Å². The van der Waals surface area contributed by atoms with Gasteiger partial charge in [0.15, 0.2) is 11.6 Å². The highest BCUT2D eigenvalue weighted by atomic mass is 19.1. The molecule has 0 fully saturated rings. The Bertz CT molecular complexity index is 871. The third kappa shape index (κ3) is 5.28. The Morgan fingerprint density at radius 3 is 2.70 bits per heavy atom. The summed E-state index contributed by atoms with van der Waals surface area (Å²) in [6.07, 6.45) is 1.75. The second-order valence-corrected chi connectivity index (χ2v) is 6.25. The van der Waals surface area contributed by atoms with Gasteiger partial charge in [-0.15, -0.1) is 0 Å². The average Bonchev–Trinajstić information content (AvgIpc) is 2.71. The molecule has 0 unspecified atom stereocenters. The highest BCUT2D eigenvalue weighted by molar-refractivity contribution is 5.31. The molecule has 2 aromatic carbocycles. The molecule has 27 heavy (non-hydrogen) atoms. The lowest BCUT2D eigenvalue weighted by Gasteiger charge is -2.16. The van der Waals surface area contributed by atoms with E-state index in [1.54, 1.807) is 12.3 Å². The molecule has 1 heterocycles. The lowest BCUT2D eigenvalue weighted by atomic mass is 10.1. The van der Waals surface area contributed by atoms with Gasteiger partial charge < -0.3 is 14.8 Å². The van der Waals surface area contributed by atoms with Gasteiger partial charge in [0.05, 0.1) is 12.8 Å². The fourth-order valence-corrected chi connectivity index (χ4v) is 2.73. The summed E-state index contributed by atoms with van der Waals surface area (Å²) in [5.74, 6) is 0.695. The van der Waals surface area contributed by atoms with E-state index in [0.717, 1.165) is 22.6 Å². The van der Waals surface area contributed by atoms with Crippen LogP contribution < -0.4 is 14.8 Å². The van der Waals surface area contributed by atoms with E-state index < -0.39 is 0 Å². The normalized spacial score (nSPS) is 11.8. The highest BCUT2D eigenvalue weighted by Crippen LogP contribution is 2.22. The smallest absolute Gasteiger partial charge is 0.165 e. The Kier molecular flexibility index (Phi) is 6.39. The molecule has 3 aromatic rings. The van der Waals surface area contributed by atoms with E-state index in [0.29, 0.717) is 13.2 Å². The monoisotopic (exact) mass is 366 g/mol. The van der Waals surface area contributed by atoms with Gasteiger partial charge in [0, 0.05) is 18.8 Å². The van der Waals surface area contributed by atoms with Crippen molar-refractivity contribution >= 4 is 0 Å². The molecule has 0 aliphatic rings. The SMILES string of the molecule is COc1ccc([C@H](C)NCc2cccc(OCc3ccccn3)c2)cc1F. The zero-order valence-corrected chi connectivity index (χ0v) is 15.5. The van der Waals surface area contributed by atoms with Gasteiger partial charge in [-0.1, -0.05) is 24.3 Å². The molecule has 0 amide bonds. The number of rotatable bonds is 8. The van der Waals surface area contributed by atoms with Gasteiger partial charge in [0.2, 0.25) is 0 Å². The fourth-order valence-electron chi connectivity index (χ4n) is 2.73. The number of pyridine rings is 1. The van der Waals surface area contributed by atoms with Crippen LogP contribution in [0.4, 0.5) is 4.39 Å². The van der Waals surface area contributed by atoms with Crippen molar-refractivity contribution < 1.29 is 13.9 Å². The van der Waals surface area contributed by atoms with Crippen LogP contribution in [0.2, 0.25) is 0 Å². The van der Waals surface area contributed by atoms with E-state index in [1.807, 2.05) is 55.5 Å². The lowest BCUT2D eigenvalue weighted by Crippen LogP contribution is -2.18. The predicted octanol–water partition coefficient (Wildman–Crippen LogP) is 4.66. The van der Waals surface area contributed by atoms with Crippen molar-refractivity contribution in [1.82, 2.24) is 10.3 Å². The summed E-state index contributed by atoms with van der Waals surface area (Å²) < 4.78 is 24.7. The van der Waals surface area contributed by atoms with E-state index in [4.69, 9.17) is 9.47 Å². The maximum atomic E-state index is 13.9. The van der Waals surface area contributed by atoms with E-state index in [1.165, 1.54) is 13.2 Å². The minimum atomic E-state index is -0.353. The van der Waals surface area contributed by atoms with Crippen molar-refractivity contribution in [3.63, 3.8) is 0 Å². The van der Waals surface area contributed by atoms with Gasteiger partial charge in [0.1, 0.15) is 12.4 Å². The molecule has 4 nitrogen and oxygen atoms in total. The van der Waals surface area contributed by atoms with Crippen molar-refractivity contribution in [2.45, 2.75) is 26.1 Å². The first-order valence-electron chi connectivity index (χ1n) is 8.84. The summed E-state index contributed by atoms with van der Waals surface area (Å²) in [6.45, 7) is 3.08. The third-order valence-corrected chi connectivity index (χ3v) is 4.30. The molecule has 1 aromatic heterocycles. The van der Waals surface area contributed by atoms with Crippen LogP contribution in [0.1, 0.15) is 29.8 Å².